The fourth-order valence-corrected chi connectivity index (χ4v) is 8.91. The standard InChI is InChI=1S/C24H30N2O2SSi/c1-19(27)29-18-20-16-21(26(5)25-20)17-28-30(24(2,3)4,22-12-8-6-9-13-22)23-14-10-7-11-15-23/h6-16H,17-18H2,1-5H3. The molecule has 0 saturated heterocycles. The molecule has 3 aromatic rings. The minimum Gasteiger partial charge on any atom is -0.402 e. The second kappa shape index (κ2) is 9.33. The summed E-state index contributed by atoms with van der Waals surface area (Å²) in [5.41, 5.74) is 1.92. The fraction of sp³-hybridized carbons (Fsp3) is 0.333. The van der Waals surface area contributed by atoms with Gasteiger partial charge in [0.2, 0.25) is 0 Å². The van der Waals surface area contributed by atoms with Crippen molar-refractivity contribution in [1.82, 2.24) is 9.78 Å². The van der Waals surface area contributed by atoms with Gasteiger partial charge in [-0.05, 0) is 21.5 Å². The molecular formula is C24H30N2O2SSi. The average Bonchev–Trinajstić information content (AvgIpc) is 3.07. The first-order chi connectivity index (χ1) is 14.2. The summed E-state index contributed by atoms with van der Waals surface area (Å²) in [6.45, 7) is 8.88. The van der Waals surface area contributed by atoms with Gasteiger partial charge in [0.05, 0.1) is 18.0 Å². The smallest absolute Gasteiger partial charge is 0.261 e. The normalized spacial score (nSPS) is 12.2. The van der Waals surface area contributed by atoms with Crippen LogP contribution in [0.15, 0.2) is 66.7 Å². The van der Waals surface area contributed by atoms with E-state index in [0.29, 0.717) is 12.4 Å². The van der Waals surface area contributed by atoms with Gasteiger partial charge in [0, 0.05) is 19.7 Å². The Morgan fingerprint density at radius 2 is 1.57 bits per heavy atom. The van der Waals surface area contributed by atoms with E-state index in [1.54, 1.807) is 6.92 Å². The van der Waals surface area contributed by atoms with Crippen molar-refractivity contribution >= 4 is 35.6 Å². The Kier molecular flexibility index (Phi) is 7.01. The summed E-state index contributed by atoms with van der Waals surface area (Å²) in [6.07, 6.45) is 0. The Hall–Kier alpha value is -2.15. The number of carbonyl (C=O) groups excluding carboxylic acids is 1. The lowest BCUT2D eigenvalue weighted by Gasteiger charge is -2.43. The second-order valence-electron chi connectivity index (χ2n) is 8.48. The van der Waals surface area contributed by atoms with Crippen LogP contribution in [0.2, 0.25) is 5.04 Å². The maximum atomic E-state index is 11.3. The van der Waals surface area contributed by atoms with Crippen LogP contribution in [0.5, 0.6) is 0 Å². The zero-order valence-corrected chi connectivity index (χ0v) is 20.2. The Balaban J connectivity index is 1.99. The molecule has 0 fully saturated rings. The number of benzene rings is 2. The summed E-state index contributed by atoms with van der Waals surface area (Å²) >= 11 is 1.28. The van der Waals surface area contributed by atoms with E-state index in [1.807, 2.05) is 17.8 Å². The van der Waals surface area contributed by atoms with Crippen LogP contribution in [0.4, 0.5) is 0 Å². The summed E-state index contributed by atoms with van der Waals surface area (Å²) in [6, 6.07) is 23.3. The largest absolute Gasteiger partial charge is 0.402 e. The molecule has 0 amide bonds. The maximum Gasteiger partial charge on any atom is 0.261 e. The minimum atomic E-state index is -2.58. The summed E-state index contributed by atoms with van der Waals surface area (Å²) < 4.78 is 8.85. The van der Waals surface area contributed by atoms with Crippen molar-refractivity contribution in [3.63, 3.8) is 0 Å². The first-order valence-electron chi connectivity index (χ1n) is 10.1. The summed E-state index contributed by atoms with van der Waals surface area (Å²) in [5, 5.41) is 7.13. The molecule has 0 N–H and O–H groups in total. The number of nitrogens with zero attached hydrogens (tertiary/aromatic N) is 2. The molecule has 0 aliphatic rings. The average molecular weight is 439 g/mol. The molecular weight excluding hydrogens is 408 g/mol. The van der Waals surface area contributed by atoms with Crippen molar-refractivity contribution in [2.45, 2.75) is 45.1 Å². The first kappa shape index (κ1) is 22.5. The van der Waals surface area contributed by atoms with E-state index in [4.69, 9.17) is 4.43 Å². The highest BCUT2D eigenvalue weighted by Crippen LogP contribution is 2.37. The van der Waals surface area contributed by atoms with E-state index in [2.05, 4.69) is 86.5 Å². The highest BCUT2D eigenvalue weighted by Gasteiger charge is 2.50. The van der Waals surface area contributed by atoms with Gasteiger partial charge in [-0.1, -0.05) is 93.2 Å². The van der Waals surface area contributed by atoms with Gasteiger partial charge in [-0.15, -0.1) is 0 Å². The molecule has 3 rings (SSSR count). The van der Waals surface area contributed by atoms with Crippen LogP contribution < -0.4 is 10.4 Å². The summed E-state index contributed by atoms with van der Waals surface area (Å²) in [5.74, 6) is 0.586. The van der Waals surface area contributed by atoms with Gasteiger partial charge in [0.25, 0.3) is 8.32 Å². The van der Waals surface area contributed by atoms with Gasteiger partial charge in [-0.25, -0.2) is 0 Å². The van der Waals surface area contributed by atoms with Crippen LogP contribution >= 0.6 is 11.8 Å². The third kappa shape index (κ3) is 4.77. The van der Waals surface area contributed by atoms with Crippen LogP contribution in [-0.4, -0.2) is 23.2 Å². The zero-order chi connectivity index (χ0) is 21.8. The third-order valence-corrected chi connectivity index (χ3v) is 11.1. The van der Waals surface area contributed by atoms with Crippen molar-refractivity contribution in [3.8, 4) is 0 Å². The predicted octanol–water partition coefficient (Wildman–Crippen LogP) is 4.28. The van der Waals surface area contributed by atoms with E-state index >= 15 is 0 Å². The van der Waals surface area contributed by atoms with Crippen LogP contribution in [0, 0.1) is 0 Å². The summed E-state index contributed by atoms with van der Waals surface area (Å²) in [7, 11) is -0.646. The number of thioether (sulfide) groups is 1. The highest BCUT2D eigenvalue weighted by atomic mass is 32.2. The van der Waals surface area contributed by atoms with E-state index in [1.165, 1.54) is 22.1 Å². The SMILES string of the molecule is CC(=O)SCc1cc(CO[Si](c2ccccc2)(c2ccccc2)C(C)(C)C)n(C)n1. The topological polar surface area (TPSA) is 44.1 Å². The molecule has 0 spiro atoms. The molecule has 158 valence electrons. The minimum absolute atomic E-state index is 0.0678. The molecule has 1 aromatic heterocycles. The lowest BCUT2D eigenvalue weighted by atomic mass is 10.2. The molecule has 0 saturated carbocycles. The van der Waals surface area contributed by atoms with Gasteiger partial charge >= 0.3 is 0 Å². The molecule has 6 heteroatoms. The summed E-state index contributed by atoms with van der Waals surface area (Å²) in [4.78, 5) is 11.3. The highest BCUT2D eigenvalue weighted by molar-refractivity contribution is 8.12. The Bertz CT molecular complexity index is 942. The van der Waals surface area contributed by atoms with Crippen LogP contribution in [0.1, 0.15) is 39.1 Å². The van der Waals surface area contributed by atoms with E-state index in [-0.39, 0.29) is 10.2 Å². The molecule has 0 aliphatic carbocycles. The fourth-order valence-electron chi connectivity index (χ4n) is 3.90. The number of aryl methyl sites for hydroxylation is 1. The molecule has 30 heavy (non-hydrogen) atoms. The lowest BCUT2D eigenvalue weighted by Crippen LogP contribution is -2.66. The predicted molar refractivity (Wildman–Crippen MR) is 128 cm³/mol. The van der Waals surface area contributed by atoms with Gasteiger partial charge in [-0.3, -0.25) is 9.48 Å². The van der Waals surface area contributed by atoms with Gasteiger partial charge in [0.1, 0.15) is 0 Å². The van der Waals surface area contributed by atoms with Crippen LogP contribution in [0.3, 0.4) is 0 Å². The zero-order valence-electron chi connectivity index (χ0n) is 18.4. The Morgan fingerprint density at radius 3 is 2.03 bits per heavy atom. The number of carbonyl (C=O) groups is 1. The molecule has 0 aliphatic heterocycles. The third-order valence-electron chi connectivity index (χ3n) is 5.30. The molecule has 0 unspecified atom stereocenters. The number of rotatable bonds is 7. The molecule has 2 aromatic carbocycles. The van der Waals surface area contributed by atoms with E-state index in [9.17, 15) is 4.79 Å². The molecule has 4 nitrogen and oxygen atoms in total. The van der Waals surface area contributed by atoms with Crippen molar-refractivity contribution in [2.75, 3.05) is 0 Å². The van der Waals surface area contributed by atoms with Gasteiger partial charge in [0.15, 0.2) is 5.12 Å². The van der Waals surface area contributed by atoms with Crippen LogP contribution in [0.25, 0.3) is 0 Å². The quantitative estimate of drug-likeness (QED) is 0.517. The Labute approximate surface area is 184 Å². The van der Waals surface area contributed by atoms with Gasteiger partial charge < -0.3 is 4.43 Å². The molecule has 0 radical (unpaired) electrons. The number of aromatic nitrogens is 2. The molecule has 0 bridgehead atoms. The monoisotopic (exact) mass is 438 g/mol. The van der Waals surface area contributed by atoms with Crippen LogP contribution in [-0.2, 0) is 28.6 Å². The van der Waals surface area contributed by atoms with Crippen molar-refractivity contribution in [2.24, 2.45) is 7.05 Å². The van der Waals surface area contributed by atoms with E-state index in [0.717, 1.165) is 11.4 Å². The van der Waals surface area contributed by atoms with Crippen molar-refractivity contribution < 1.29 is 9.22 Å². The number of hydrogen-bond donors (Lipinski definition) is 0. The first-order valence-corrected chi connectivity index (χ1v) is 13.0. The molecule has 1 heterocycles. The Morgan fingerprint density at radius 1 is 1.03 bits per heavy atom. The lowest BCUT2D eigenvalue weighted by molar-refractivity contribution is -0.109. The van der Waals surface area contributed by atoms with E-state index < -0.39 is 8.32 Å². The molecule has 0 atom stereocenters. The van der Waals surface area contributed by atoms with Crippen molar-refractivity contribution in [3.05, 3.63) is 78.1 Å². The number of hydrogen-bond acceptors (Lipinski definition) is 4. The van der Waals surface area contributed by atoms with Gasteiger partial charge in [-0.2, -0.15) is 5.10 Å². The maximum absolute atomic E-state index is 11.3. The van der Waals surface area contributed by atoms with Crippen molar-refractivity contribution in [1.29, 1.82) is 0 Å². The second-order valence-corrected chi connectivity index (χ2v) is 13.9.